The van der Waals surface area contributed by atoms with Gasteiger partial charge in [-0.1, -0.05) is 19.1 Å². The number of hydrogen-bond donors (Lipinski definition) is 1. The summed E-state index contributed by atoms with van der Waals surface area (Å²) < 4.78 is 14.8. The monoisotopic (exact) mass is 261 g/mol. The van der Waals surface area contributed by atoms with Crippen LogP contribution >= 0.6 is 0 Å². The van der Waals surface area contributed by atoms with Gasteiger partial charge >= 0.3 is 0 Å². The second-order valence-corrected chi connectivity index (χ2v) is 4.30. The van der Waals surface area contributed by atoms with Gasteiger partial charge in [0.25, 0.3) is 0 Å². The van der Waals surface area contributed by atoms with Crippen LogP contribution in [-0.2, 0) is 11.8 Å². The molecule has 0 fully saturated rings. The third-order valence-electron chi connectivity index (χ3n) is 2.95. The number of halogens is 1. The molecule has 0 aliphatic carbocycles. The minimum Gasteiger partial charge on any atom is -0.342 e. The van der Waals surface area contributed by atoms with Crippen molar-refractivity contribution in [2.24, 2.45) is 7.05 Å². The number of carbonyl (C=O) groups excluding carboxylic acids is 1. The molecule has 1 N–H and O–H groups in total. The van der Waals surface area contributed by atoms with Crippen LogP contribution in [0.2, 0.25) is 0 Å². The van der Waals surface area contributed by atoms with Crippen LogP contribution in [0.15, 0.2) is 36.7 Å². The third kappa shape index (κ3) is 2.99. The van der Waals surface area contributed by atoms with Gasteiger partial charge in [0.1, 0.15) is 17.7 Å². The molecule has 1 atom stereocenters. The van der Waals surface area contributed by atoms with Crippen LogP contribution in [-0.4, -0.2) is 15.5 Å². The van der Waals surface area contributed by atoms with E-state index in [1.54, 1.807) is 25.3 Å². The highest BCUT2D eigenvalue weighted by Crippen LogP contribution is 2.20. The van der Waals surface area contributed by atoms with Crippen molar-refractivity contribution in [2.75, 3.05) is 0 Å². The predicted octanol–water partition coefficient (Wildman–Crippen LogP) is 2.17. The number of benzene rings is 1. The van der Waals surface area contributed by atoms with Crippen LogP contribution in [0.1, 0.15) is 30.8 Å². The number of aromatic nitrogens is 2. The Hall–Kier alpha value is -2.17. The Bertz CT molecular complexity index is 562. The van der Waals surface area contributed by atoms with Gasteiger partial charge in [0.2, 0.25) is 5.91 Å². The molecule has 19 heavy (non-hydrogen) atoms. The van der Waals surface area contributed by atoms with E-state index in [9.17, 15) is 9.18 Å². The predicted molar refractivity (Wildman–Crippen MR) is 69.9 cm³/mol. The number of amides is 1. The quantitative estimate of drug-likeness (QED) is 0.917. The highest BCUT2D eigenvalue weighted by atomic mass is 19.1. The minimum atomic E-state index is -0.368. The second-order valence-electron chi connectivity index (χ2n) is 4.30. The number of carbonyl (C=O) groups is 1. The number of aryl methyl sites for hydroxylation is 1. The Balaban J connectivity index is 2.37. The highest BCUT2D eigenvalue weighted by Gasteiger charge is 2.19. The SMILES string of the molecule is CCC(=O)N[C@H](c1ccc(F)cc1)c1nccn1C. The molecule has 1 aromatic carbocycles. The fourth-order valence-electron chi connectivity index (χ4n) is 1.87. The fourth-order valence-corrected chi connectivity index (χ4v) is 1.87. The highest BCUT2D eigenvalue weighted by molar-refractivity contribution is 5.76. The van der Waals surface area contributed by atoms with Crippen molar-refractivity contribution >= 4 is 5.91 Å². The summed E-state index contributed by atoms with van der Waals surface area (Å²) in [7, 11) is 1.86. The van der Waals surface area contributed by atoms with Crippen LogP contribution in [0.4, 0.5) is 4.39 Å². The van der Waals surface area contributed by atoms with E-state index in [0.717, 1.165) is 5.56 Å². The number of hydrogen-bond acceptors (Lipinski definition) is 2. The van der Waals surface area contributed by atoms with E-state index in [1.807, 2.05) is 17.8 Å². The van der Waals surface area contributed by atoms with Gasteiger partial charge in [0, 0.05) is 25.9 Å². The first-order valence-corrected chi connectivity index (χ1v) is 6.14. The molecular formula is C14H16FN3O. The van der Waals surface area contributed by atoms with Crippen molar-refractivity contribution in [1.82, 2.24) is 14.9 Å². The standard InChI is InChI=1S/C14H16FN3O/c1-3-12(19)17-13(14-16-8-9-18(14)2)10-4-6-11(15)7-5-10/h4-9,13H,3H2,1-2H3,(H,17,19)/t13-/m1/s1. The summed E-state index contributed by atoms with van der Waals surface area (Å²) in [5.41, 5.74) is 0.803. The molecule has 4 nitrogen and oxygen atoms in total. The zero-order valence-corrected chi connectivity index (χ0v) is 10.9. The summed E-state index contributed by atoms with van der Waals surface area (Å²) in [5, 5.41) is 2.90. The molecular weight excluding hydrogens is 245 g/mol. The Kier molecular flexibility index (Phi) is 3.94. The van der Waals surface area contributed by atoms with Gasteiger partial charge in [0.05, 0.1) is 0 Å². The molecule has 2 rings (SSSR count). The molecule has 1 aromatic heterocycles. The van der Waals surface area contributed by atoms with Crippen molar-refractivity contribution < 1.29 is 9.18 Å². The van der Waals surface area contributed by atoms with Crippen molar-refractivity contribution in [3.8, 4) is 0 Å². The zero-order chi connectivity index (χ0) is 13.8. The van der Waals surface area contributed by atoms with Crippen molar-refractivity contribution in [3.63, 3.8) is 0 Å². The smallest absolute Gasteiger partial charge is 0.220 e. The summed E-state index contributed by atoms with van der Waals surface area (Å²) in [6, 6.07) is 5.70. The Morgan fingerprint density at radius 2 is 2.11 bits per heavy atom. The third-order valence-corrected chi connectivity index (χ3v) is 2.95. The summed E-state index contributed by atoms with van der Waals surface area (Å²) in [6.07, 6.45) is 3.87. The van der Waals surface area contributed by atoms with Gasteiger partial charge < -0.3 is 9.88 Å². The van der Waals surface area contributed by atoms with Gasteiger partial charge in [-0.3, -0.25) is 4.79 Å². The molecule has 0 radical (unpaired) electrons. The van der Waals surface area contributed by atoms with Gasteiger partial charge in [-0.25, -0.2) is 9.37 Å². The number of nitrogens with zero attached hydrogens (tertiary/aromatic N) is 2. The minimum absolute atomic E-state index is 0.0719. The van der Waals surface area contributed by atoms with Crippen LogP contribution in [0.25, 0.3) is 0 Å². The number of rotatable bonds is 4. The summed E-state index contributed by atoms with van der Waals surface area (Å²) in [6.45, 7) is 1.79. The maximum atomic E-state index is 13.0. The largest absolute Gasteiger partial charge is 0.342 e. The average molecular weight is 261 g/mol. The molecule has 0 saturated heterocycles. The maximum absolute atomic E-state index is 13.0. The van der Waals surface area contributed by atoms with E-state index in [1.165, 1.54) is 12.1 Å². The molecule has 5 heteroatoms. The van der Waals surface area contributed by atoms with Gasteiger partial charge in [-0.15, -0.1) is 0 Å². The molecule has 0 spiro atoms. The summed E-state index contributed by atoms with van der Waals surface area (Å²) in [5.74, 6) is 0.342. The van der Waals surface area contributed by atoms with Crippen LogP contribution in [0.5, 0.6) is 0 Å². The molecule has 2 aromatic rings. The van der Waals surface area contributed by atoms with Crippen LogP contribution < -0.4 is 5.32 Å². The normalized spacial score (nSPS) is 12.2. The number of nitrogens with one attached hydrogen (secondary N) is 1. The van der Waals surface area contributed by atoms with Gasteiger partial charge in [-0.2, -0.15) is 0 Å². The molecule has 100 valence electrons. The lowest BCUT2D eigenvalue weighted by Gasteiger charge is -2.18. The zero-order valence-electron chi connectivity index (χ0n) is 10.9. The van der Waals surface area contributed by atoms with Crippen LogP contribution in [0.3, 0.4) is 0 Å². The Morgan fingerprint density at radius 3 is 2.63 bits per heavy atom. The first kappa shape index (κ1) is 13.3. The first-order chi connectivity index (χ1) is 9.11. The van der Waals surface area contributed by atoms with E-state index in [-0.39, 0.29) is 17.8 Å². The second kappa shape index (κ2) is 5.65. The topological polar surface area (TPSA) is 46.9 Å². The van der Waals surface area contributed by atoms with E-state index in [4.69, 9.17) is 0 Å². The number of imidazole rings is 1. The summed E-state index contributed by atoms with van der Waals surface area (Å²) >= 11 is 0. The Labute approximate surface area is 111 Å². The molecule has 0 bridgehead atoms. The van der Waals surface area contributed by atoms with E-state index >= 15 is 0 Å². The molecule has 0 unspecified atom stereocenters. The van der Waals surface area contributed by atoms with Gasteiger partial charge in [-0.05, 0) is 17.7 Å². The molecule has 1 heterocycles. The van der Waals surface area contributed by atoms with Crippen molar-refractivity contribution in [1.29, 1.82) is 0 Å². The van der Waals surface area contributed by atoms with Crippen molar-refractivity contribution in [3.05, 3.63) is 53.9 Å². The maximum Gasteiger partial charge on any atom is 0.220 e. The van der Waals surface area contributed by atoms with Gasteiger partial charge in [0.15, 0.2) is 0 Å². The molecule has 0 aliphatic heterocycles. The molecule has 0 aliphatic rings. The van der Waals surface area contributed by atoms with Crippen LogP contribution in [0, 0.1) is 5.82 Å². The molecule has 1 amide bonds. The lowest BCUT2D eigenvalue weighted by atomic mass is 10.1. The summed E-state index contributed by atoms with van der Waals surface area (Å²) in [4.78, 5) is 15.9. The van der Waals surface area contributed by atoms with Crippen molar-refractivity contribution in [2.45, 2.75) is 19.4 Å². The molecule has 0 saturated carbocycles. The first-order valence-electron chi connectivity index (χ1n) is 6.14. The van der Waals surface area contributed by atoms with E-state index in [0.29, 0.717) is 12.2 Å². The lowest BCUT2D eigenvalue weighted by Crippen LogP contribution is -2.30. The Morgan fingerprint density at radius 1 is 1.42 bits per heavy atom. The van der Waals surface area contributed by atoms with E-state index < -0.39 is 0 Å². The average Bonchev–Trinajstić information content (AvgIpc) is 2.83. The fraction of sp³-hybridized carbons (Fsp3) is 0.286. The van der Waals surface area contributed by atoms with E-state index in [2.05, 4.69) is 10.3 Å². The lowest BCUT2D eigenvalue weighted by molar-refractivity contribution is -0.121.